The number of benzene rings is 13. The second-order valence-corrected chi connectivity index (χ2v) is 16.3. The number of hydrogen-bond donors (Lipinski definition) is 0. The van der Waals surface area contributed by atoms with Crippen LogP contribution in [0.1, 0.15) is 0 Å². The van der Waals surface area contributed by atoms with Crippen LogP contribution in [0.3, 0.4) is 0 Å². The molecule has 13 aromatic carbocycles. The molecule has 0 N–H and O–H groups in total. The Morgan fingerprint density at radius 1 is 0.150 bits per heavy atom. The first-order valence-electron chi connectivity index (χ1n) is 20.9. The Kier molecular flexibility index (Phi) is 7.11. The van der Waals surface area contributed by atoms with E-state index in [4.69, 9.17) is 0 Å². The zero-order valence-corrected chi connectivity index (χ0v) is 32.8. The van der Waals surface area contributed by atoms with Crippen molar-refractivity contribution >= 4 is 86.2 Å². The lowest BCUT2D eigenvalue weighted by atomic mass is 9.91. The van der Waals surface area contributed by atoms with Gasteiger partial charge in [0.1, 0.15) is 0 Å². The summed E-state index contributed by atoms with van der Waals surface area (Å²) in [6, 6.07) is 79.4. The van der Waals surface area contributed by atoms with Gasteiger partial charge in [0, 0.05) is 0 Å². The van der Waals surface area contributed by atoms with Gasteiger partial charge in [0.2, 0.25) is 0 Å². The highest BCUT2D eigenvalue weighted by atomic mass is 14.3. The first-order valence-corrected chi connectivity index (χ1v) is 20.9. The van der Waals surface area contributed by atoms with E-state index in [1.165, 1.54) is 131 Å². The number of hydrogen-bond acceptors (Lipinski definition) is 0. The summed E-state index contributed by atoms with van der Waals surface area (Å²) in [7, 11) is 0. The quantitative estimate of drug-likeness (QED) is 0.107. The summed E-state index contributed by atoms with van der Waals surface area (Å²) < 4.78 is 0. The van der Waals surface area contributed by atoms with E-state index in [1.807, 2.05) is 0 Å². The van der Waals surface area contributed by atoms with Crippen molar-refractivity contribution in [1.82, 2.24) is 0 Å². The van der Waals surface area contributed by atoms with Crippen molar-refractivity contribution in [2.75, 3.05) is 0 Å². The molecule has 0 radical (unpaired) electrons. The summed E-state index contributed by atoms with van der Waals surface area (Å²) in [6.45, 7) is 0. The molecule has 0 saturated carbocycles. The highest BCUT2D eigenvalue weighted by Crippen LogP contribution is 2.50. The molecular weight excluding hydrogens is 721 g/mol. The number of rotatable bonds is 0. The van der Waals surface area contributed by atoms with Crippen molar-refractivity contribution < 1.29 is 0 Å². The predicted molar refractivity (Wildman–Crippen MR) is 259 cm³/mol. The van der Waals surface area contributed by atoms with E-state index in [-0.39, 0.29) is 0 Å². The summed E-state index contributed by atoms with van der Waals surface area (Å²) in [6.07, 6.45) is 0. The van der Waals surface area contributed by atoms with Gasteiger partial charge in [0.15, 0.2) is 0 Å². The van der Waals surface area contributed by atoms with Gasteiger partial charge < -0.3 is 0 Å². The van der Waals surface area contributed by atoms with Gasteiger partial charge in [-0.3, -0.25) is 0 Å². The Morgan fingerprint density at radius 2 is 0.533 bits per heavy atom. The summed E-state index contributed by atoms with van der Waals surface area (Å²) in [5.74, 6) is 0. The molecule has 0 saturated heterocycles. The third-order valence-corrected chi connectivity index (χ3v) is 13.1. The largest absolute Gasteiger partial charge is 0.0616 e. The van der Waals surface area contributed by atoms with Gasteiger partial charge in [0.25, 0.3) is 0 Å². The SMILES string of the molecule is c1ccc2c(c1)-c1cccc3c1c-2cc1ccccc13.c1ccc2c(c1)cc1ccc3cccc4ccc2c1c34.c1ccc2cc3c(cc2c1)-c1cccc2cccc-3c12. The van der Waals surface area contributed by atoms with E-state index in [2.05, 4.69) is 218 Å². The summed E-state index contributed by atoms with van der Waals surface area (Å²) >= 11 is 0. The Morgan fingerprint density at radius 3 is 1.18 bits per heavy atom. The fourth-order valence-corrected chi connectivity index (χ4v) is 10.5. The average molecular weight is 757 g/mol. The summed E-state index contributed by atoms with van der Waals surface area (Å²) in [5.41, 5.74) is 11.0. The maximum absolute atomic E-state index is 2.34. The Balaban J connectivity index is 0.0000000926. The molecule has 0 nitrogen and oxygen atoms in total. The molecule has 0 spiro atoms. The Hall–Kier alpha value is -7.80. The van der Waals surface area contributed by atoms with E-state index in [1.54, 1.807) is 0 Å². The molecule has 0 aromatic heterocycles. The third-order valence-electron chi connectivity index (χ3n) is 13.1. The Labute approximate surface area is 347 Å². The van der Waals surface area contributed by atoms with Crippen LogP contribution in [0.4, 0.5) is 0 Å². The van der Waals surface area contributed by atoms with E-state index >= 15 is 0 Å². The zero-order valence-electron chi connectivity index (χ0n) is 32.8. The van der Waals surface area contributed by atoms with Crippen LogP contribution in [0.25, 0.3) is 131 Å². The molecule has 0 unspecified atom stereocenters. The molecule has 13 aromatic rings. The molecule has 0 aliphatic heterocycles. The van der Waals surface area contributed by atoms with E-state index in [0.717, 1.165) is 0 Å². The van der Waals surface area contributed by atoms with Crippen molar-refractivity contribution in [3.05, 3.63) is 218 Å². The minimum atomic E-state index is 1.32. The van der Waals surface area contributed by atoms with Crippen LogP contribution in [0.15, 0.2) is 218 Å². The smallest absolute Gasteiger partial charge is 0.00199 e. The molecule has 15 rings (SSSR count). The first-order chi connectivity index (χ1) is 29.8. The van der Waals surface area contributed by atoms with Crippen LogP contribution in [0.2, 0.25) is 0 Å². The van der Waals surface area contributed by atoms with Crippen molar-refractivity contribution in [2.24, 2.45) is 0 Å². The van der Waals surface area contributed by atoms with Gasteiger partial charge >= 0.3 is 0 Å². The lowest BCUT2D eigenvalue weighted by Gasteiger charge is -2.12. The van der Waals surface area contributed by atoms with Gasteiger partial charge in [-0.1, -0.05) is 194 Å². The molecule has 0 amide bonds. The lowest BCUT2D eigenvalue weighted by Crippen LogP contribution is -1.85. The van der Waals surface area contributed by atoms with Crippen LogP contribution in [0, 0.1) is 0 Å². The first kappa shape index (κ1) is 33.2. The van der Waals surface area contributed by atoms with Gasteiger partial charge in [-0.2, -0.15) is 0 Å². The average Bonchev–Trinajstić information content (AvgIpc) is 3.81. The van der Waals surface area contributed by atoms with Crippen LogP contribution in [-0.4, -0.2) is 0 Å². The molecule has 0 bridgehead atoms. The maximum Gasteiger partial charge on any atom is -0.00199 e. The van der Waals surface area contributed by atoms with Gasteiger partial charge in [-0.25, -0.2) is 0 Å². The second kappa shape index (κ2) is 12.9. The molecule has 0 fully saturated rings. The highest BCUT2D eigenvalue weighted by Gasteiger charge is 2.23. The molecule has 0 heterocycles. The second-order valence-electron chi connectivity index (χ2n) is 16.3. The molecule has 0 heteroatoms. The molecular formula is C60H36. The van der Waals surface area contributed by atoms with Crippen LogP contribution >= 0.6 is 0 Å². The third kappa shape index (κ3) is 4.86. The predicted octanol–water partition coefficient (Wildman–Crippen LogP) is 17.0. The molecule has 0 atom stereocenters. The standard InChI is InChI=1S/3C20H12/c1-2-6-15-12-19-17-10-4-8-13-7-3-9-16(20(13)17)18(19)11-14(15)5-1;1-2-7-14-13(6-1)12-19-16-9-4-3-8-15(16)18-11-5-10-17(14)20(18)19;1-2-7-17-15(4-1)12-16-9-8-13-5-3-6-14-10-11-18(17)20(16)19(13)14/h3*1-12H. The van der Waals surface area contributed by atoms with Gasteiger partial charge in [-0.15, -0.1) is 0 Å². The molecule has 2 aliphatic rings. The van der Waals surface area contributed by atoms with Crippen LogP contribution in [0.5, 0.6) is 0 Å². The van der Waals surface area contributed by atoms with E-state index in [0.29, 0.717) is 0 Å². The monoisotopic (exact) mass is 756 g/mol. The summed E-state index contributed by atoms with van der Waals surface area (Å²) in [4.78, 5) is 0. The van der Waals surface area contributed by atoms with Gasteiger partial charge in [0.05, 0.1) is 0 Å². The number of fused-ring (bicyclic) bond motifs is 11. The fourth-order valence-electron chi connectivity index (χ4n) is 10.5. The normalized spacial score (nSPS) is 12.0. The topological polar surface area (TPSA) is 0 Å². The van der Waals surface area contributed by atoms with Crippen molar-refractivity contribution in [3.8, 4) is 44.5 Å². The Bertz CT molecular complexity index is 3790. The lowest BCUT2D eigenvalue weighted by molar-refractivity contribution is 1.70. The fraction of sp³-hybridized carbons (Fsp3) is 0. The molecule has 2 aliphatic carbocycles. The van der Waals surface area contributed by atoms with Crippen molar-refractivity contribution in [1.29, 1.82) is 0 Å². The van der Waals surface area contributed by atoms with E-state index < -0.39 is 0 Å². The molecule has 276 valence electrons. The van der Waals surface area contributed by atoms with Gasteiger partial charge in [-0.05, 0) is 155 Å². The minimum absolute atomic E-state index is 1.32. The maximum atomic E-state index is 2.34. The summed E-state index contributed by atoms with van der Waals surface area (Å²) in [5, 5.41) is 21.6. The minimum Gasteiger partial charge on any atom is -0.0616 e. The van der Waals surface area contributed by atoms with Crippen molar-refractivity contribution in [3.63, 3.8) is 0 Å². The van der Waals surface area contributed by atoms with Crippen molar-refractivity contribution in [2.45, 2.75) is 0 Å². The zero-order chi connectivity index (χ0) is 39.3. The van der Waals surface area contributed by atoms with E-state index in [9.17, 15) is 0 Å². The molecule has 60 heavy (non-hydrogen) atoms. The van der Waals surface area contributed by atoms with Crippen LogP contribution < -0.4 is 0 Å². The van der Waals surface area contributed by atoms with Crippen LogP contribution in [-0.2, 0) is 0 Å². The highest BCUT2D eigenvalue weighted by molar-refractivity contribution is 6.29.